The van der Waals surface area contributed by atoms with E-state index in [1.165, 1.54) is 18.2 Å². The number of rotatable bonds is 8. The molecule has 0 spiro atoms. The van der Waals surface area contributed by atoms with Crippen molar-refractivity contribution < 1.29 is 64.6 Å². The number of carboxylic acids is 1. The van der Waals surface area contributed by atoms with Crippen molar-refractivity contribution in [3.8, 4) is 11.5 Å². The Morgan fingerprint density at radius 3 is 2.33 bits per heavy atom. The molecule has 0 bridgehead atoms. The monoisotopic (exact) mass is 476 g/mol. The number of phenolic OH excluding ortho intramolecular Hbond substituents is 1. The molecule has 2 aliphatic rings. The van der Waals surface area contributed by atoms with E-state index in [9.17, 15) is 40.5 Å². The number of aliphatic hydroxyl groups excluding tert-OH is 6. The van der Waals surface area contributed by atoms with Gasteiger partial charge in [0.05, 0.1) is 13.2 Å². The van der Waals surface area contributed by atoms with Gasteiger partial charge >= 0.3 is 5.97 Å². The normalized spacial score (nSPS) is 37.0. The Labute approximate surface area is 187 Å². The zero-order valence-electron chi connectivity index (χ0n) is 17.4. The third-order valence-corrected chi connectivity index (χ3v) is 5.44. The van der Waals surface area contributed by atoms with Gasteiger partial charge in [-0.1, -0.05) is 6.07 Å². The molecule has 0 unspecified atom stereocenters. The number of aliphatic carboxylic acids is 1. The number of ether oxygens (including phenoxy) is 4. The number of benzene rings is 1. The number of aliphatic hydroxyl groups is 6. The van der Waals surface area contributed by atoms with Crippen LogP contribution in [0.2, 0.25) is 0 Å². The number of carbonyl (C=O) groups is 1. The lowest BCUT2D eigenvalue weighted by molar-refractivity contribution is -0.307. The van der Waals surface area contributed by atoms with Crippen molar-refractivity contribution >= 4 is 5.97 Å². The fraction of sp³-hybridized carbons (Fsp3) is 0.650. The molecule has 0 amide bonds. The lowest BCUT2D eigenvalue weighted by Crippen LogP contribution is -2.61. The fourth-order valence-corrected chi connectivity index (χ4v) is 3.46. The van der Waals surface area contributed by atoms with E-state index in [-0.39, 0.29) is 30.9 Å². The van der Waals surface area contributed by atoms with Crippen LogP contribution in [0.15, 0.2) is 18.2 Å². The van der Waals surface area contributed by atoms with Gasteiger partial charge in [0.2, 0.25) is 6.29 Å². The van der Waals surface area contributed by atoms with Crippen molar-refractivity contribution in [3.05, 3.63) is 23.8 Å². The second kappa shape index (κ2) is 10.9. The van der Waals surface area contributed by atoms with Crippen LogP contribution in [0.5, 0.6) is 11.5 Å². The fourth-order valence-electron chi connectivity index (χ4n) is 3.46. The van der Waals surface area contributed by atoms with Crippen LogP contribution in [0.25, 0.3) is 0 Å². The molecule has 3 rings (SSSR count). The summed E-state index contributed by atoms with van der Waals surface area (Å²) >= 11 is 0. The molecule has 9 atom stereocenters. The summed E-state index contributed by atoms with van der Waals surface area (Å²) in [6.45, 7) is -0.749. The molecule has 33 heavy (non-hydrogen) atoms. The van der Waals surface area contributed by atoms with Crippen LogP contribution in [0.3, 0.4) is 0 Å². The molecule has 8 N–H and O–H groups in total. The molecule has 0 aromatic heterocycles. The van der Waals surface area contributed by atoms with Gasteiger partial charge in [0.15, 0.2) is 17.8 Å². The molecule has 1 aromatic rings. The largest absolute Gasteiger partial charge is 0.504 e. The lowest BCUT2D eigenvalue weighted by atomic mass is 9.99. The van der Waals surface area contributed by atoms with Crippen molar-refractivity contribution in [1.29, 1.82) is 0 Å². The Morgan fingerprint density at radius 2 is 1.67 bits per heavy atom. The van der Waals surface area contributed by atoms with E-state index in [4.69, 9.17) is 24.1 Å². The topological polar surface area (TPSA) is 216 Å². The molecule has 2 aliphatic heterocycles. The van der Waals surface area contributed by atoms with Gasteiger partial charge in [-0.3, -0.25) is 4.79 Å². The average Bonchev–Trinajstić information content (AvgIpc) is 2.78. The Bertz CT molecular complexity index is 804. The first-order valence-corrected chi connectivity index (χ1v) is 10.3. The first-order valence-electron chi connectivity index (χ1n) is 10.3. The maximum Gasteiger partial charge on any atom is 0.303 e. The van der Waals surface area contributed by atoms with Crippen molar-refractivity contribution in [3.63, 3.8) is 0 Å². The van der Waals surface area contributed by atoms with Crippen LogP contribution in [0, 0.1) is 0 Å². The Hall–Kier alpha value is -2.07. The Balaban J connectivity index is 1.62. The van der Waals surface area contributed by atoms with Crippen LogP contribution in [-0.2, 0) is 25.4 Å². The number of aromatic hydroxyl groups is 1. The number of hydrogen-bond acceptors (Lipinski definition) is 12. The summed E-state index contributed by atoms with van der Waals surface area (Å²) in [6.07, 6.45) is -13.5. The van der Waals surface area contributed by atoms with Crippen molar-refractivity contribution in [1.82, 2.24) is 0 Å². The molecule has 0 radical (unpaired) electrons. The molecule has 2 saturated heterocycles. The molecule has 2 heterocycles. The highest BCUT2D eigenvalue weighted by Gasteiger charge is 2.46. The van der Waals surface area contributed by atoms with Crippen molar-refractivity contribution in [2.24, 2.45) is 0 Å². The van der Waals surface area contributed by atoms with Crippen LogP contribution in [-0.4, -0.2) is 115 Å². The standard InChI is InChI=1S/C20H28O13/c21-9-5-8(2-4-13(23)24)1-3-11(9)32-20-18(29)16(27)15(26)12(33-20)7-31-19-17(28)14(25)10(22)6-30-19/h1,3,5,10,12,14-22,25-29H,2,4,6-7H2,(H,23,24)/t10-,12+,14-,15+,16-,17+,18+,19-,20+/m0/s1. The van der Waals surface area contributed by atoms with Crippen molar-refractivity contribution in [2.45, 2.75) is 68.1 Å². The SMILES string of the molecule is O=C(O)CCc1ccc(O[C@@H]2O[C@H](CO[C@@H]3OC[C@H](O)[C@H](O)[C@H]3O)[C@@H](O)[C@H](O)[C@H]2O)c(O)c1. The smallest absolute Gasteiger partial charge is 0.303 e. The molecular formula is C20H28O13. The van der Waals surface area contributed by atoms with E-state index < -0.39 is 67.9 Å². The maximum absolute atomic E-state index is 10.7. The highest BCUT2D eigenvalue weighted by Crippen LogP contribution is 2.32. The highest BCUT2D eigenvalue weighted by atomic mass is 16.7. The molecule has 0 saturated carbocycles. The van der Waals surface area contributed by atoms with Gasteiger partial charge in [0.1, 0.15) is 42.7 Å². The summed E-state index contributed by atoms with van der Waals surface area (Å²) in [7, 11) is 0. The number of phenols is 1. The third-order valence-electron chi connectivity index (χ3n) is 5.44. The third kappa shape index (κ3) is 6.09. The minimum Gasteiger partial charge on any atom is -0.504 e. The van der Waals surface area contributed by atoms with Crippen molar-refractivity contribution in [2.75, 3.05) is 13.2 Å². The van der Waals surface area contributed by atoms with Gasteiger partial charge < -0.3 is 59.8 Å². The zero-order valence-corrected chi connectivity index (χ0v) is 17.4. The first kappa shape index (κ1) is 25.6. The van der Waals surface area contributed by atoms with Gasteiger partial charge in [-0.15, -0.1) is 0 Å². The second-order valence-corrected chi connectivity index (χ2v) is 7.91. The summed E-state index contributed by atoms with van der Waals surface area (Å²) in [4.78, 5) is 10.7. The first-order chi connectivity index (χ1) is 15.6. The van der Waals surface area contributed by atoms with E-state index in [0.717, 1.165) is 0 Å². The average molecular weight is 476 g/mol. The van der Waals surface area contributed by atoms with Gasteiger partial charge in [-0.2, -0.15) is 0 Å². The van der Waals surface area contributed by atoms with Crippen LogP contribution in [0.4, 0.5) is 0 Å². The molecule has 13 nitrogen and oxygen atoms in total. The lowest BCUT2D eigenvalue weighted by Gasteiger charge is -2.41. The van der Waals surface area contributed by atoms with E-state index in [1.807, 2.05) is 0 Å². The summed E-state index contributed by atoms with van der Waals surface area (Å²) < 4.78 is 21.3. The minimum absolute atomic E-state index is 0.121. The number of aryl methyl sites for hydroxylation is 1. The molecule has 1 aromatic carbocycles. The predicted molar refractivity (Wildman–Crippen MR) is 105 cm³/mol. The zero-order chi connectivity index (χ0) is 24.3. The molecule has 13 heteroatoms. The quantitative estimate of drug-likeness (QED) is 0.189. The van der Waals surface area contributed by atoms with E-state index in [1.54, 1.807) is 0 Å². The summed E-state index contributed by atoms with van der Waals surface area (Å²) in [5.74, 6) is -1.47. The van der Waals surface area contributed by atoms with Gasteiger partial charge in [0.25, 0.3) is 0 Å². The van der Waals surface area contributed by atoms with E-state index in [2.05, 4.69) is 0 Å². The molecule has 0 aliphatic carbocycles. The van der Waals surface area contributed by atoms with Gasteiger partial charge in [0, 0.05) is 6.42 Å². The Morgan fingerprint density at radius 1 is 0.970 bits per heavy atom. The number of carboxylic acid groups (broad SMARTS) is 1. The molecular weight excluding hydrogens is 448 g/mol. The highest BCUT2D eigenvalue weighted by molar-refractivity contribution is 5.67. The maximum atomic E-state index is 10.7. The van der Waals surface area contributed by atoms with E-state index >= 15 is 0 Å². The minimum atomic E-state index is -1.71. The van der Waals surface area contributed by atoms with Gasteiger partial charge in [-0.05, 0) is 24.1 Å². The summed E-state index contributed by atoms with van der Waals surface area (Å²) in [6, 6.07) is 4.14. The number of hydrogen-bond donors (Lipinski definition) is 8. The van der Waals surface area contributed by atoms with Crippen LogP contribution >= 0.6 is 0 Å². The van der Waals surface area contributed by atoms with Crippen LogP contribution < -0.4 is 4.74 Å². The molecule has 2 fully saturated rings. The molecule has 186 valence electrons. The van der Waals surface area contributed by atoms with E-state index in [0.29, 0.717) is 5.56 Å². The Kier molecular flexibility index (Phi) is 8.44. The van der Waals surface area contributed by atoms with Gasteiger partial charge in [-0.25, -0.2) is 0 Å². The van der Waals surface area contributed by atoms with Crippen LogP contribution in [0.1, 0.15) is 12.0 Å². The predicted octanol–water partition coefficient (Wildman–Crippen LogP) is -2.95. The second-order valence-electron chi connectivity index (χ2n) is 7.91. The summed E-state index contributed by atoms with van der Waals surface area (Å²) in [5.41, 5.74) is 0.535. The summed E-state index contributed by atoms with van der Waals surface area (Å²) in [5, 5.41) is 78.7.